The van der Waals surface area contributed by atoms with Gasteiger partial charge < -0.3 is 10.6 Å². The number of aliphatic imine (C=N–C) groups is 1. The number of anilines is 1. The fraction of sp³-hybridized carbons (Fsp3) is 0.214. The topological polar surface area (TPSA) is 119 Å². The van der Waals surface area contributed by atoms with Gasteiger partial charge in [-0.05, 0) is 37.6 Å². The van der Waals surface area contributed by atoms with E-state index in [-0.39, 0.29) is 6.54 Å². The zero-order valence-electron chi connectivity index (χ0n) is 21.5. The highest BCUT2D eigenvalue weighted by atomic mass is 32.2. The normalized spacial score (nSPS) is 14.8. The van der Waals surface area contributed by atoms with E-state index in [1.165, 1.54) is 11.0 Å². The van der Waals surface area contributed by atoms with E-state index in [1.807, 2.05) is 92.7 Å². The van der Waals surface area contributed by atoms with Gasteiger partial charge in [0, 0.05) is 36.2 Å². The van der Waals surface area contributed by atoms with Crippen molar-refractivity contribution >= 4 is 32.6 Å². The highest BCUT2D eigenvalue weighted by molar-refractivity contribution is 7.91. The van der Waals surface area contributed by atoms with Crippen LogP contribution in [-0.2, 0) is 9.84 Å². The van der Waals surface area contributed by atoms with Crippen LogP contribution in [0.3, 0.4) is 0 Å². The molecule has 194 valence electrons. The number of hydrogen-bond acceptors (Lipinski definition) is 8. The van der Waals surface area contributed by atoms with Gasteiger partial charge in [-0.2, -0.15) is 0 Å². The summed E-state index contributed by atoms with van der Waals surface area (Å²) in [6, 6.07) is 25.3. The van der Waals surface area contributed by atoms with Gasteiger partial charge in [0.25, 0.3) is 0 Å². The molecule has 0 saturated heterocycles. The summed E-state index contributed by atoms with van der Waals surface area (Å²) in [6.45, 7) is 4.36. The Kier molecular flexibility index (Phi) is 6.92. The minimum Gasteiger partial charge on any atom is -0.354 e. The number of sulfone groups is 1. The molecule has 10 heteroatoms. The van der Waals surface area contributed by atoms with Gasteiger partial charge in [0.05, 0.1) is 5.69 Å². The molecule has 9 nitrogen and oxygen atoms in total. The lowest BCUT2D eigenvalue weighted by Gasteiger charge is -2.31. The maximum atomic E-state index is 12.3. The van der Waals surface area contributed by atoms with E-state index in [0.717, 1.165) is 28.1 Å². The first-order chi connectivity index (χ1) is 18.3. The number of nitrogens with two attached hydrogens (primary N) is 1. The summed E-state index contributed by atoms with van der Waals surface area (Å²) < 4.78 is 24.7. The Morgan fingerprint density at radius 3 is 2.24 bits per heavy atom. The maximum absolute atomic E-state index is 12.3. The van der Waals surface area contributed by atoms with Crippen LogP contribution in [0.25, 0.3) is 11.4 Å². The minimum absolute atomic E-state index is 0.00603. The smallest absolute Gasteiger partial charge is 0.204 e. The predicted molar refractivity (Wildman–Crippen MR) is 152 cm³/mol. The molecule has 1 aromatic heterocycles. The SMILES string of the molecule is CCN(c1ccc(/N=C2/C(c3ccccc3)=Nn3nc(-c4ccccc4)nc32)c(C)c1)C(CN)S(C)(=O)=O. The number of fused-ring (bicyclic) bond motifs is 1. The van der Waals surface area contributed by atoms with Crippen LogP contribution in [0.15, 0.2) is 89.0 Å². The Bertz CT molecular complexity index is 1630. The number of aromatic nitrogens is 3. The quantitative estimate of drug-likeness (QED) is 0.372. The second kappa shape index (κ2) is 10.3. The largest absolute Gasteiger partial charge is 0.354 e. The fourth-order valence-corrected chi connectivity index (χ4v) is 5.61. The van der Waals surface area contributed by atoms with Crippen LogP contribution in [0.2, 0.25) is 0 Å². The van der Waals surface area contributed by atoms with Gasteiger partial charge in [-0.15, -0.1) is 15.0 Å². The van der Waals surface area contributed by atoms with Gasteiger partial charge in [-0.25, -0.2) is 18.4 Å². The Hall–Kier alpha value is -4.15. The summed E-state index contributed by atoms with van der Waals surface area (Å²) in [7, 11) is -3.37. The molecule has 1 atom stereocenters. The van der Waals surface area contributed by atoms with Crippen molar-refractivity contribution in [2.75, 3.05) is 24.2 Å². The van der Waals surface area contributed by atoms with Crippen molar-refractivity contribution in [3.63, 3.8) is 0 Å². The molecule has 0 amide bonds. The molecule has 38 heavy (non-hydrogen) atoms. The van der Waals surface area contributed by atoms with Crippen LogP contribution >= 0.6 is 0 Å². The Labute approximate surface area is 222 Å². The Morgan fingerprint density at radius 1 is 1.00 bits per heavy atom. The Balaban J connectivity index is 1.58. The first-order valence-corrected chi connectivity index (χ1v) is 14.3. The minimum atomic E-state index is -3.37. The standard InChI is InChI=1S/C28H29N7O2S/c1-4-34(24(18-29)38(3,36)37)22-15-16-23(19(2)17-22)30-26-25(20-11-7-5-8-12-20)32-35-28(26)31-27(33-35)21-13-9-6-10-14-21/h5-17,24H,4,18,29H2,1-3H3/b30-26-. The third kappa shape index (κ3) is 4.88. The van der Waals surface area contributed by atoms with Crippen molar-refractivity contribution in [3.8, 4) is 11.4 Å². The molecule has 0 aliphatic carbocycles. The molecule has 3 aromatic carbocycles. The molecule has 4 aromatic rings. The van der Waals surface area contributed by atoms with Crippen LogP contribution in [0, 0.1) is 6.92 Å². The zero-order valence-corrected chi connectivity index (χ0v) is 22.3. The molecule has 0 fully saturated rings. The maximum Gasteiger partial charge on any atom is 0.204 e. The van der Waals surface area contributed by atoms with Gasteiger partial charge in [-0.3, -0.25) is 0 Å². The summed E-state index contributed by atoms with van der Waals surface area (Å²) in [6.07, 6.45) is 1.21. The molecule has 0 spiro atoms. The van der Waals surface area contributed by atoms with Crippen LogP contribution in [0.5, 0.6) is 0 Å². The highest BCUT2D eigenvalue weighted by Crippen LogP contribution is 2.29. The van der Waals surface area contributed by atoms with E-state index in [9.17, 15) is 8.42 Å². The van der Waals surface area contributed by atoms with Gasteiger partial charge in [0.2, 0.25) is 5.82 Å². The van der Waals surface area contributed by atoms with Gasteiger partial charge in [-0.1, -0.05) is 60.7 Å². The lowest BCUT2D eigenvalue weighted by molar-refractivity contribution is 0.579. The van der Waals surface area contributed by atoms with Crippen molar-refractivity contribution in [1.82, 2.24) is 14.9 Å². The van der Waals surface area contributed by atoms with E-state index < -0.39 is 15.2 Å². The lowest BCUT2D eigenvalue weighted by atomic mass is 10.1. The van der Waals surface area contributed by atoms with E-state index in [0.29, 0.717) is 29.6 Å². The summed E-state index contributed by atoms with van der Waals surface area (Å²) in [4.78, 5) is 13.1. The van der Waals surface area contributed by atoms with E-state index >= 15 is 0 Å². The van der Waals surface area contributed by atoms with Crippen molar-refractivity contribution < 1.29 is 8.42 Å². The second-order valence-electron chi connectivity index (χ2n) is 9.07. The number of aryl methyl sites for hydroxylation is 1. The van der Waals surface area contributed by atoms with Crippen molar-refractivity contribution in [3.05, 3.63) is 95.8 Å². The predicted octanol–water partition coefficient (Wildman–Crippen LogP) is 3.80. The molecule has 1 aliphatic heterocycles. The van der Waals surface area contributed by atoms with Crippen molar-refractivity contribution in [2.45, 2.75) is 19.2 Å². The average molecular weight is 528 g/mol. The molecule has 1 aliphatic rings. The Morgan fingerprint density at radius 2 is 1.66 bits per heavy atom. The molecular weight excluding hydrogens is 498 g/mol. The molecule has 5 rings (SSSR count). The van der Waals surface area contributed by atoms with Gasteiger partial charge in [0.15, 0.2) is 15.7 Å². The number of benzene rings is 3. The second-order valence-corrected chi connectivity index (χ2v) is 11.3. The van der Waals surface area contributed by atoms with Crippen LogP contribution in [0.1, 0.15) is 23.9 Å². The van der Waals surface area contributed by atoms with Crippen molar-refractivity contribution in [1.29, 1.82) is 0 Å². The third-order valence-electron chi connectivity index (χ3n) is 6.43. The molecule has 0 bridgehead atoms. The third-order valence-corrected chi connectivity index (χ3v) is 7.86. The molecule has 1 unspecified atom stereocenters. The molecule has 0 radical (unpaired) electrons. The number of nitrogens with zero attached hydrogens (tertiary/aromatic N) is 6. The summed E-state index contributed by atoms with van der Waals surface area (Å²) in [5.74, 6) is 1.13. The van der Waals surface area contributed by atoms with Crippen LogP contribution in [-0.4, -0.2) is 59.4 Å². The van der Waals surface area contributed by atoms with E-state index in [2.05, 4.69) is 5.10 Å². The van der Waals surface area contributed by atoms with Crippen LogP contribution < -0.4 is 10.6 Å². The molecule has 2 heterocycles. The average Bonchev–Trinajstić information content (AvgIpc) is 3.48. The zero-order chi connectivity index (χ0) is 26.9. The van der Waals surface area contributed by atoms with Gasteiger partial charge >= 0.3 is 0 Å². The van der Waals surface area contributed by atoms with Gasteiger partial charge in [0.1, 0.15) is 16.8 Å². The number of rotatable bonds is 8. The molecular formula is C28H29N7O2S. The molecule has 2 N–H and O–H groups in total. The monoisotopic (exact) mass is 527 g/mol. The highest BCUT2D eigenvalue weighted by Gasteiger charge is 2.30. The number of hydrogen-bond donors (Lipinski definition) is 1. The van der Waals surface area contributed by atoms with Crippen LogP contribution in [0.4, 0.5) is 11.4 Å². The molecule has 0 saturated carbocycles. The van der Waals surface area contributed by atoms with Crippen molar-refractivity contribution in [2.24, 2.45) is 15.8 Å². The van der Waals surface area contributed by atoms with E-state index in [4.69, 9.17) is 20.8 Å². The first-order valence-electron chi connectivity index (χ1n) is 12.3. The summed E-state index contributed by atoms with van der Waals surface area (Å²) in [5.41, 5.74) is 11.3. The fourth-order valence-electron chi connectivity index (χ4n) is 4.52. The summed E-state index contributed by atoms with van der Waals surface area (Å²) in [5, 5.41) is 8.55. The number of likely N-dealkylation sites (N-methyl/N-ethyl adjacent to an activating group) is 1. The van der Waals surface area contributed by atoms with E-state index in [1.54, 1.807) is 4.90 Å². The summed E-state index contributed by atoms with van der Waals surface area (Å²) >= 11 is 0. The first kappa shape index (κ1) is 25.5. The lowest BCUT2D eigenvalue weighted by Crippen LogP contribution is -2.45.